The summed E-state index contributed by atoms with van der Waals surface area (Å²) in [5.41, 5.74) is 2.30. The number of nitrogens with one attached hydrogen (secondary N) is 2. The highest BCUT2D eigenvalue weighted by molar-refractivity contribution is 5.91. The Morgan fingerprint density at radius 1 is 1.10 bits per heavy atom. The molecule has 0 saturated carbocycles. The number of H-pyrrole nitrogens is 1. The standard InChI is InChI=1S/C22H24N4O3/c1-22(2,3)29-21-9-5-7-16(24-21)10-12-19(27)23-17-8-4-6-15(14-17)18-11-13-20(28)26-25-18/h4-9,11,13-14H,10,12H2,1-3H3,(H,23,27)(H,26,28). The molecule has 0 saturated heterocycles. The number of rotatable bonds is 6. The van der Waals surface area contributed by atoms with E-state index in [2.05, 4.69) is 20.5 Å². The summed E-state index contributed by atoms with van der Waals surface area (Å²) in [6, 6.07) is 15.9. The summed E-state index contributed by atoms with van der Waals surface area (Å²) in [6.07, 6.45) is 0.807. The first-order valence-corrected chi connectivity index (χ1v) is 9.39. The molecule has 0 fully saturated rings. The van der Waals surface area contributed by atoms with Gasteiger partial charge in [-0.3, -0.25) is 9.59 Å². The number of aromatic nitrogens is 3. The molecule has 3 aromatic rings. The zero-order valence-corrected chi connectivity index (χ0v) is 16.7. The van der Waals surface area contributed by atoms with Gasteiger partial charge in [-0.15, -0.1) is 0 Å². The van der Waals surface area contributed by atoms with Gasteiger partial charge in [0.2, 0.25) is 11.8 Å². The maximum absolute atomic E-state index is 12.4. The zero-order valence-electron chi connectivity index (χ0n) is 16.7. The van der Waals surface area contributed by atoms with E-state index in [1.165, 1.54) is 6.07 Å². The Morgan fingerprint density at radius 3 is 2.62 bits per heavy atom. The fraction of sp³-hybridized carbons (Fsp3) is 0.273. The molecule has 0 spiro atoms. The van der Waals surface area contributed by atoms with E-state index < -0.39 is 0 Å². The van der Waals surface area contributed by atoms with Crippen molar-refractivity contribution in [2.24, 2.45) is 0 Å². The summed E-state index contributed by atoms with van der Waals surface area (Å²) in [4.78, 5) is 28.0. The van der Waals surface area contributed by atoms with Gasteiger partial charge in [-0.25, -0.2) is 10.1 Å². The van der Waals surface area contributed by atoms with Crippen LogP contribution in [0.3, 0.4) is 0 Å². The molecular formula is C22H24N4O3. The molecule has 2 heterocycles. The topological polar surface area (TPSA) is 97.0 Å². The van der Waals surface area contributed by atoms with Gasteiger partial charge in [0.1, 0.15) is 5.60 Å². The lowest BCUT2D eigenvalue weighted by Crippen LogP contribution is -2.23. The Morgan fingerprint density at radius 2 is 1.90 bits per heavy atom. The summed E-state index contributed by atoms with van der Waals surface area (Å²) in [5.74, 6) is 0.442. The predicted octanol–water partition coefficient (Wildman–Crippen LogP) is 3.58. The summed E-state index contributed by atoms with van der Waals surface area (Å²) in [5, 5.41) is 9.30. The van der Waals surface area contributed by atoms with Gasteiger partial charge in [0.25, 0.3) is 5.56 Å². The molecule has 150 valence electrons. The van der Waals surface area contributed by atoms with Gasteiger partial charge in [-0.1, -0.05) is 18.2 Å². The quantitative estimate of drug-likeness (QED) is 0.668. The second-order valence-electron chi connectivity index (χ2n) is 7.62. The summed E-state index contributed by atoms with van der Waals surface area (Å²) >= 11 is 0. The van der Waals surface area contributed by atoms with E-state index in [4.69, 9.17) is 4.74 Å². The fourth-order valence-corrected chi connectivity index (χ4v) is 2.69. The molecule has 0 aliphatic carbocycles. The molecule has 29 heavy (non-hydrogen) atoms. The molecule has 0 unspecified atom stereocenters. The molecule has 1 aromatic carbocycles. The number of carbonyl (C=O) groups excluding carboxylic acids is 1. The lowest BCUT2D eigenvalue weighted by Gasteiger charge is -2.20. The van der Waals surface area contributed by atoms with Crippen molar-refractivity contribution < 1.29 is 9.53 Å². The number of hydrogen-bond acceptors (Lipinski definition) is 5. The number of amides is 1. The molecule has 2 aromatic heterocycles. The minimum absolute atomic E-state index is 0.111. The predicted molar refractivity (Wildman–Crippen MR) is 112 cm³/mol. The van der Waals surface area contributed by atoms with Crippen LogP contribution in [0, 0.1) is 0 Å². The van der Waals surface area contributed by atoms with Gasteiger partial charge in [0.15, 0.2) is 0 Å². The Labute approximate surface area is 169 Å². The number of ether oxygens (including phenoxy) is 1. The number of pyridine rings is 1. The third-order valence-corrected chi connectivity index (χ3v) is 3.92. The molecule has 0 aliphatic rings. The molecule has 0 radical (unpaired) electrons. The Bertz CT molecular complexity index is 1030. The smallest absolute Gasteiger partial charge is 0.264 e. The second kappa shape index (κ2) is 8.68. The molecule has 7 nitrogen and oxygen atoms in total. The van der Waals surface area contributed by atoms with E-state index in [1.54, 1.807) is 6.07 Å². The van der Waals surface area contributed by atoms with Crippen LogP contribution in [0.15, 0.2) is 59.4 Å². The fourth-order valence-electron chi connectivity index (χ4n) is 2.69. The van der Waals surface area contributed by atoms with Crippen molar-refractivity contribution >= 4 is 11.6 Å². The maximum atomic E-state index is 12.4. The van der Waals surface area contributed by atoms with Gasteiger partial charge in [0, 0.05) is 35.5 Å². The van der Waals surface area contributed by atoms with Crippen LogP contribution in [-0.4, -0.2) is 26.7 Å². The molecule has 7 heteroatoms. The van der Waals surface area contributed by atoms with Crippen LogP contribution < -0.4 is 15.6 Å². The van der Waals surface area contributed by atoms with Crippen molar-refractivity contribution in [1.82, 2.24) is 15.2 Å². The van der Waals surface area contributed by atoms with Crippen molar-refractivity contribution in [1.29, 1.82) is 0 Å². The largest absolute Gasteiger partial charge is 0.472 e. The molecule has 0 bridgehead atoms. The van der Waals surface area contributed by atoms with Crippen LogP contribution in [0.2, 0.25) is 0 Å². The third-order valence-electron chi connectivity index (χ3n) is 3.92. The van der Waals surface area contributed by atoms with Gasteiger partial charge in [0.05, 0.1) is 5.69 Å². The minimum atomic E-state index is -0.325. The Balaban J connectivity index is 1.60. The maximum Gasteiger partial charge on any atom is 0.264 e. The van der Waals surface area contributed by atoms with Gasteiger partial charge >= 0.3 is 0 Å². The second-order valence-corrected chi connectivity index (χ2v) is 7.62. The van der Waals surface area contributed by atoms with E-state index in [-0.39, 0.29) is 17.1 Å². The number of aryl methyl sites for hydroxylation is 1. The number of aromatic amines is 1. The molecule has 1 amide bonds. The summed E-state index contributed by atoms with van der Waals surface area (Å²) < 4.78 is 5.77. The lowest BCUT2D eigenvalue weighted by molar-refractivity contribution is -0.116. The monoisotopic (exact) mass is 392 g/mol. The highest BCUT2D eigenvalue weighted by atomic mass is 16.5. The molecular weight excluding hydrogens is 368 g/mol. The van der Waals surface area contributed by atoms with E-state index in [1.807, 2.05) is 63.2 Å². The van der Waals surface area contributed by atoms with E-state index in [0.717, 1.165) is 11.3 Å². The first-order chi connectivity index (χ1) is 13.8. The average Bonchev–Trinajstić information content (AvgIpc) is 2.66. The summed E-state index contributed by atoms with van der Waals surface area (Å²) in [6.45, 7) is 5.89. The number of benzene rings is 1. The number of nitrogens with zero attached hydrogens (tertiary/aromatic N) is 2. The van der Waals surface area contributed by atoms with Crippen LogP contribution in [0.5, 0.6) is 5.88 Å². The normalized spacial score (nSPS) is 11.1. The summed E-state index contributed by atoms with van der Waals surface area (Å²) in [7, 11) is 0. The number of carbonyl (C=O) groups is 1. The minimum Gasteiger partial charge on any atom is -0.472 e. The van der Waals surface area contributed by atoms with Crippen molar-refractivity contribution in [2.45, 2.75) is 39.2 Å². The molecule has 0 aliphatic heterocycles. The molecule has 0 atom stereocenters. The van der Waals surface area contributed by atoms with Gasteiger partial charge < -0.3 is 10.1 Å². The van der Waals surface area contributed by atoms with Gasteiger partial charge in [-0.05, 0) is 51.5 Å². The van der Waals surface area contributed by atoms with Crippen LogP contribution in [0.1, 0.15) is 32.9 Å². The van der Waals surface area contributed by atoms with Crippen LogP contribution in [0.25, 0.3) is 11.3 Å². The first kappa shape index (κ1) is 20.3. The van der Waals surface area contributed by atoms with E-state index in [0.29, 0.717) is 30.1 Å². The first-order valence-electron chi connectivity index (χ1n) is 9.39. The molecule has 3 rings (SSSR count). The third kappa shape index (κ3) is 6.27. The van der Waals surface area contributed by atoms with E-state index in [9.17, 15) is 9.59 Å². The van der Waals surface area contributed by atoms with Crippen LogP contribution in [0.4, 0.5) is 5.69 Å². The van der Waals surface area contributed by atoms with Crippen LogP contribution >= 0.6 is 0 Å². The van der Waals surface area contributed by atoms with Crippen molar-refractivity contribution in [3.63, 3.8) is 0 Å². The van der Waals surface area contributed by atoms with Crippen molar-refractivity contribution in [3.8, 4) is 17.1 Å². The lowest BCUT2D eigenvalue weighted by atomic mass is 10.1. The number of hydrogen-bond donors (Lipinski definition) is 2. The Kier molecular flexibility index (Phi) is 6.07. The zero-order chi connectivity index (χ0) is 20.9. The highest BCUT2D eigenvalue weighted by Gasteiger charge is 2.13. The van der Waals surface area contributed by atoms with E-state index >= 15 is 0 Å². The highest BCUT2D eigenvalue weighted by Crippen LogP contribution is 2.20. The van der Waals surface area contributed by atoms with Crippen molar-refractivity contribution in [3.05, 3.63) is 70.6 Å². The Hall–Kier alpha value is -3.48. The SMILES string of the molecule is CC(C)(C)Oc1cccc(CCC(=O)Nc2cccc(-c3ccc(=O)[nH]n3)c2)n1. The average molecular weight is 392 g/mol. The van der Waals surface area contributed by atoms with Crippen molar-refractivity contribution in [2.75, 3.05) is 5.32 Å². The van der Waals surface area contributed by atoms with Crippen LogP contribution in [-0.2, 0) is 11.2 Å². The number of anilines is 1. The molecule has 2 N–H and O–H groups in total. The van der Waals surface area contributed by atoms with Gasteiger partial charge in [-0.2, -0.15) is 5.10 Å².